The van der Waals surface area contributed by atoms with Gasteiger partial charge in [-0.3, -0.25) is 0 Å². The first-order chi connectivity index (χ1) is 14.5. The molecule has 0 aliphatic carbocycles. The Balaban J connectivity index is 0.000000311. The molecule has 0 spiro atoms. The highest BCUT2D eigenvalue weighted by atomic mass is 16.5. The van der Waals surface area contributed by atoms with Crippen molar-refractivity contribution >= 4 is 12.2 Å². The maximum atomic E-state index is 5.39. The zero-order valence-corrected chi connectivity index (χ0v) is 20.0. The molecule has 1 atom stereocenters. The van der Waals surface area contributed by atoms with Crippen molar-refractivity contribution in [3.05, 3.63) is 70.8 Å². The molecule has 0 bridgehead atoms. The highest BCUT2D eigenvalue weighted by molar-refractivity contribution is 5.54. The fraction of sp³-hybridized carbons (Fsp3) is 0.429. The SMILES string of the molecule is C/C=C/c1ccc(CC)c(OC)c1.CCc1ccc(/C=C/CC(C)CC)cc1OC. The van der Waals surface area contributed by atoms with Crippen LogP contribution in [0.1, 0.15) is 69.7 Å². The molecular weight excluding hydrogens is 368 g/mol. The molecule has 2 rings (SSSR count). The molecule has 0 amide bonds. The Morgan fingerprint density at radius 3 is 1.70 bits per heavy atom. The summed E-state index contributed by atoms with van der Waals surface area (Å²) in [5.41, 5.74) is 4.95. The maximum Gasteiger partial charge on any atom is 0.122 e. The van der Waals surface area contributed by atoms with Gasteiger partial charge in [0.25, 0.3) is 0 Å². The summed E-state index contributed by atoms with van der Waals surface area (Å²) < 4.78 is 10.7. The Morgan fingerprint density at radius 1 is 0.800 bits per heavy atom. The summed E-state index contributed by atoms with van der Waals surface area (Å²) in [7, 11) is 3.45. The van der Waals surface area contributed by atoms with Crippen LogP contribution in [0.5, 0.6) is 11.5 Å². The molecule has 1 unspecified atom stereocenters. The average Bonchev–Trinajstić information content (AvgIpc) is 2.79. The highest BCUT2D eigenvalue weighted by Gasteiger charge is 2.01. The van der Waals surface area contributed by atoms with E-state index in [1.807, 2.05) is 13.0 Å². The Hall–Kier alpha value is -2.48. The minimum absolute atomic E-state index is 0.767. The molecule has 0 heterocycles. The zero-order valence-electron chi connectivity index (χ0n) is 20.0. The standard InChI is InChI=1S/C16H24O.C12H16O/c1-5-13(3)8-7-9-14-10-11-15(6-2)16(12-14)17-4;1-4-6-10-7-8-11(5-2)12(9-10)13-3/h7,9-13H,5-6,8H2,1-4H3;4,6-9H,5H2,1-3H3/b9-7+;6-4+. The second-order valence-corrected chi connectivity index (χ2v) is 7.50. The Bertz CT molecular complexity index is 802. The molecule has 0 saturated carbocycles. The van der Waals surface area contributed by atoms with E-state index in [9.17, 15) is 0 Å². The zero-order chi connectivity index (χ0) is 22.4. The fourth-order valence-electron chi connectivity index (χ4n) is 3.11. The van der Waals surface area contributed by atoms with E-state index in [2.05, 4.69) is 82.3 Å². The number of hydrogen-bond acceptors (Lipinski definition) is 2. The van der Waals surface area contributed by atoms with Gasteiger partial charge in [-0.05, 0) is 66.5 Å². The van der Waals surface area contributed by atoms with Gasteiger partial charge in [-0.25, -0.2) is 0 Å². The van der Waals surface area contributed by atoms with Crippen molar-refractivity contribution < 1.29 is 9.47 Å². The van der Waals surface area contributed by atoms with E-state index >= 15 is 0 Å². The number of benzene rings is 2. The lowest BCUT2D eigenvalue weighted by atomic mass is 10.0. The van der Waals surface area contributed by atoms with Gasteiger partial charge < -0.3 is 9.47 Å². The number of aryl methyl sites for hydroxylation is 2. The first-order valence-corrected chi connectivity index (χ1v) is 11.2. The summed E-state index contributed by atoms with van der Waals surface area (Å²) in [6.45, 7) is 10.8. The van der Waals surface area contributed by atoms with Gasteiger partial charge in [0.05, 0.1) is 14.2 Å². The van der Waals surface area contributed by atoms with Gasteiger partial charge in [-0.2, -0.15) is 0 Å². The molecule has 0 aliphatic heterocycles. The molecule has 0 aromatic heterocycles. The summed E-state index contributed by atoms with van der Waals surface area (Å²) in [5.74, 6) is 2.75. The summed E-state index contributed by atoms with van der Waals surface area (Å²) >= 11 is 0. The third kappa shape index (κ3) is 8.49. The van der Waals surface area contributed by atoms with E-state index in [0.29, 0.717) is 0 Å². The van der Waals surface area contributed by atoms with Crippen LogP contribution in [-0.2, 0) is 12.8 Å². The van der Waals surface area contributed by atoms with Crippen molar-refractivity contribution in [1.29, 1.82) is 0 Å². The van der Waals surface area contributed by atoms with Crippen molar-refractivity contribution in [3.63, 3.8) is 0 Å². The van der Waals surface area contributed by atoms with Crippen LogP contribution in [0.15, 0.2) is 48.6 Å². The Kier molecular flexibility index (Phi) is 12.3. The van der Waals surface area contributed by atoms with Gasteiger partial charge in [-0.15, -0.1) is 0 Å². The van der Waals surface area contributed by atoms with E-state index in [1.54, 1.807) is 14.2 Å². The van der Waals surface area contributed by atoms with Crippen LogP contribution < -0.4 is 9.47 Å². The van der Waals surface area contributed by atoms with Crippen molar-refractivity contribution in [2.75, 3.05) is 14.2 Å². The molecule has 2 aromatic rings. The minimum Gasteiger partial charge on any atom is -0.496 e. The lowest BCUT2D eigenvalue weighted by Crippen LogP contribution is -1.91. The number of allylic oxidation sites excluding steroid dienone is 2. The molecule has 0 fully saturated rings. The van der Waals surface area contributed by atoms with Crippen LogP contribution in [0.3, 0.4) is 0 Å². The average molecular weight is 409 g/mol. The van der Waals surface area contributed by atoms with Gasteiger partial charge in [0.2, 0.25) is 0 Å². The molecule has 2 aromatic carbocycles. The highest BCUT2D eigenvalue weighted by Crippen LogP contribution is 2.22. The van der Waals surface area contributed by atoms with Crippen LogP contribution >= 0.6 is 0 Å². The molecule has 0 aliphatic rings. The van der Waals surface area contributed by atoms with E-state index in [1.165, 1.54) is 28.7 Å². The molecular formula is C28H40O2. The second kappa shape index (κ2) is 14.5. The smallest absolute Gasteiger partial charge is 0.122 e. The van der Waals surface area contributed by atoms with Crippen LogP contribution in [0, 0.1) is 5.92 Å². The summed E-state index contributed by atoms with van der Waals surface area (Å²) in [4.78, 5) is 0. The number of methoxy groups -OCH3 is 2. The number of ether oxygens (including phenoxy) is 2. The predicted octanol–water partition coefficient (Wildman–Crippen LogP) is 8.00. The van der Waals surface area contributed by atoms with Crippen LogP contribution in [0.2, 0.25) is 0 Å². The van der Waals surface area contributed by atoms with Gasteiger partial charge >= 0.3 is 0 Å². The quantitative estimate of drug-likeness (QED) is 0.418. The maximum absolute atomic E-state index is 5.39. The van der Waals surface area contributed by atoms with Gasteiger partial charge in [0, 0.05) is 0 Å². The van der Waals surface area contributed by atoms with Gasteiger partial charge in [0.15, 0.2) is 0 Å². The summed E-state index contributed by atoms with van der Waals surface area (Å²) in [5, 5.41) is 0. The Labute approximate surface area is 184 Å². The first kappa shape index (κ1) is 25.6. The molecule has 164 valence electrons. The number of hydrogen-bond donors (Lipinski definition) is 0. The second-order valence-electron chi connectivity index (χ2n) is 7.50. The normalized spacial score (nSPS) is 12.0. The molecule has 0 radical (unpaired) electrons. The predicted molar refractivity (Wildman–Crippen MR) is 133 cm³/mol. The minimum atomic E-state index is 0.767. The van der Waals surface area contributed by atoms with E-state index in [-0.39, 0.29) is 0 Å². The van der Waals surface area contributed by atoms with Crippen LogP contribution in [0.25, 0.3) is 12.2 Å². The van der Waals surface area contributed by atoms with Gasteiger partial charge in [0.1, 0.15) is 11.5 Å². The van der Waals surface area contributed by atoms with Crippen molar-refractivity contribution in [3.8, 4) is 11.5 Å². The Morgan fingerprint density at radius 2 is 1.30 bits per heavy atom. The molecule has 0 N–H and O–H groups in total. The lowest BCUT2D eigenvalue weighted by Gasteiger charge is -2.07. The summed E-state index contributed by atoms with van der Waals surface area (Å²) in [6.07, 6.45) is 13.0. The van der Waals surface area contributed by atoms with Crippen LogP contribution in [0.4, 0.5) is 0 Å². The largest absolute Gasteiger partial charge is 0.496 e. The molecule has 30 heavy (non-hydrogen) atoms. The number of rotatable bonds is 9. The topological polar surface area (TPSA) is 18.5 Å². The third-order valence-corrected chi connectivity index (χ3v) is 5.29. The monoisotopic (exact) mass is 408 g/mol. The van der Waals surface area contributed by atoms with Gasteiger partial charge in [-0.1, -0.05) is 82.7 Å². The van der Waals surface area contributed by atoms with Crippen molar-refractivity contribution in [2.45, 2.75) is 60.3 Å². The lowest BCUT2D eigenvalue weighted by molar-refractivity contribution is 0.410. The fourth-order valence-corrected chi connectivity index (χ4v) is 3.11. The molecule has 2 heteroatoms. The van der Waals surface area contributed by atoms with Crippen molar-refractivity contribution in [2.24, 2.45) is 5.92 Å². The molecule has 2 nitrogen and oxygen atoms in total. The van der Waals surface area contributed by atoms with E-state index in [4.69, 9.17) is 9.47 Å². The first-order valence-electron chi connectivity index (χ1n) is 11.2. The third-order valence-electron chi connectivity index (χ3n) is 5.29. The summed E-state index contributed by atoms with van der Waals surface area (Å²) in [6, 6.07) is 12.7. The molecule has 0 saturated heterocycles. The van der Waals surface area contributed by atoms with Crippen LogP contribution in [-0.4, -0.2) is 14.2 Å². The van der Waals surface area contributed by atoms with E-state index in [0.717, 1.165) is 36.7 Å². The van der Waals surface area contributed by atoms with E-state index < -0.39 is 0 Å². The van der Waals surface area contributed by atoms with Crippen molar-refractivity contribution in [1.82, 2.24) is 0 Å².